The second kappa shape index (κ2) is 10.7. The van der Waals surface area contributed by atoms with Gasteiger partial charge in [0.05, 0.1) is 6.04 Å². The molecular formula is C20H31N3O5. The van der Waals surface area contributed by atoms with Crippen LogP contribution in [0.1, 0.15) is 40.2 Å². The van der Waals surface area contributed by atoms with Crippen LogP contribution in [-0.4, -0.2) is 53.3 Å². The summed E-state index contributed by atoms with van der Waals surface area (Å²) in [5.74, 6) is -1.10. The highest BCUT2D eigenvalue weighted by Crippen LogP contribution is 2.09. The first-order chi connectivity index (χ1) is 13.0. The molecule has 0 radical (unpaired) electrons. The van der Waals surface area contributed by atoms with Crippen molar-refractivity contribution in [2.75, 3.05) is 6.54 Å². The molecule has 2 unspecified atom stereocenters. The summed E-state index contributed by atoms with van der Waals surface area (Å²) in [5, 5.41) is 18.0. The van der Waals surface area contributed by atoms with Crippen LogP contribution in [0.2, 0.25) is 0 Å². The van der Waals surface area contributed by atoms with Crippen LogP contribution in [0.15, 0.2) is 30.3 Å². The van der Waals surface area contributed by atoms with Crippen molar-refractivity contribution in [2.45, 2.75) is 64.8 Å². The first kappa shape index (κ1) is 23.4. The summed E-state index contributed by atoms with van der Waals surface area (Å²) in [4.78, 5) is 36.4. The van der Waals surface area contributed by atoms with E-state index in [2.05, 4.69) is 16.0 Å². The zero-order chi connectivity index (χ0) is 21.3. The Morgan fingerprint density at radius 1 is 1.07 bits per heavy atom. The molecule has 0 fully saturated rings. The summed E-state index contributed by atoms with van der Waals surface area (Å²) in [7, 11) is 0. The largest absolute Gasteiger partial charge is 0.444 e. The van der Waals surface area contributed by atoms with Crippen molar-refractivity contribution >= 4 is 17.9 Å². The number of amides is 3. The molecule has 0 bridgehead atoms. The number of rotatable bonds is 8. The van der Waals surface area contributed by atoms with Gasteiger partial charge in [-0.05, 0) is 46.6 Å². The van der Waals surface area contributed by atoms with Crippen molar-refractivity contribution < 1.29 is 24.2 Å². The van der Waals surface area contributed by atoms with Crippen molar-refractivity contribution in [1.29, 1.82) is 0 Å². The van der Waals surface area contributed by atoms with Crippen molar-refractivity contribution in [1.82, 2.24) is 16.0 Å². The maximum absolute atomic E-state index is 12.5. The van der Waals surface area contributed by atoms with E-state index in [-0.39, 0.29) is 6.42 Å². The number of hydrogen-bond donors (Lipinski definition) is 4. The van der Waals surface area contributed by atoms with Gasteiger partial charge < -0.3 is 25.8 Å². The molecule has 0 saturated heterocycles. The third kappa shape index (κ3) is 8.39. The number of aliphatic hydroxyl groups excluding tert-OH is 1. The lowest BCUT2D eigenvalue weighted by atomic mass is 10.00. The van der Waals surface area contributed by atoms with Gasteiger partial charge in [0.25, 0.3) is 5.91 Å². The highest BCUT2D eigenvalue weighted by molar-refractivity contribution is 5.87. The number of hydrogen-bond acceptors (Lipinski definition) is 5. The molecule has 0 aliphatic heterocycles. The van der Waals surface area contributed by atoms with Crippen molar-refractivity contribution in [3.63, 3.8) is 0 Å². The van der Waals surface area contributed by atoms with Crippen LogP contribution in [0.5, 0.6) is 0 Å². The smallest absolute Gasteiger partial charge is 0.408 e. The minimum Gasteiger partial charge on any atom is -0.444 e. The molecule has 156 valence electrons. The van der Waals surface area contributed by atoms with Crippen molar-refractivity contribution in [2.24, 2.45) is 0 Å². The average molecular weight is 393 g/mol. The summed E-state index contributed by atoms with van der Waals surface area (Å²) in [5.41, 5.74) is 0.161. The van der Waals surface area contributed by atoms with E-state index in [1.807, 2.05) is 30.3 Å². The lowest BCUT2D eigenvalue weighted by molar-refractivity contribution is -0.132. The quantitative estimate of drug-likeness (QED) is 0.528. The molecule has 0 aliphatic rings. The number of alkyl carbamates (subject to hydrolysis) is 1. The van der Waals surface area contributed by atoms with E-state index in [0.717, 1.165) is 5.56 Å². The van der Waals surface area contributed by atoms with Crippen molar-refractivity contribution in [3.8, 4) is 0 Å². The van der Waals surface area contributed by atoms with Crippen LogP contribution in [0.3, 0.4) is 0 Å². The maximum atomic E-state index is 12.5. The first-order valence-corrected chi connectivity index (χ1v) is 9.33. The van der Waals surface area contributed by atoms with Gasteiger partial charge in [-0.3, -0.25) is 9.59 Å². The lowest BCUT2D eigenvalue weighted by Crippen LogP contribution is -2.55. The fourth-order valence-corrected chi connectivity index (χ4v) is 2.43. The molecule has 28 heavy (non-hydrogen) atoms. The van der Waals surface area contributed by atoms with Crippen LogP contribution >= 0.6 is 0 Å². The Hall–Kier alpha value is -2.61. The van der Waals surface area contributed by atoms with Gasteiger partial charge in [-0.1, -0.05) is 30.3 Å². The molecule has 0 saturated carbocycles. The predicted molar refractivity (Wildman–Crippen MR) is 106 cm³/mol. The Balaban J connectivity index is 2.81. The fourth-order valence-electron chi connectivity index (χ4n) is 2.43. The van der Waals surface area contributed by atoms with Crippen LogP contribution in [0.4, 0.5) is 4.79 Å². The average Bonchev–Trinajstić information content (AvgIpc) is 2.59. The van der Waals surface area contributed by atoms with Crippen molar-refractivity contribution in [3.05, 3.63) is 35.9 Å². The first-order valence-electron chi connectivity index (χ1n) is 9.33. The van der Waals surface area contributed by atoms with E-state index in [1.165, 1.54) is 6.92 Å². The zero-order valence-electron chi connectivity index (χ0n) is 17.1. The Bertz CT molecular complexity index is 658. The molecule has 0 aromatic heterocycles. The van der Waals surface area contributed by atoms with Gasteiger partial charge in [0, 0.05) is 6.54 Å². The zero-order valence-corrected chi connectivity index (χ0v) is 17.1. The Morgan fingerprint density at radius 3 is 2.21 bits per heavy atom. The number of benzene rings is 1. The van der Waals surface area contributed by atoms with Gasteiger partial charge in [-0.2, -0.15) is 0 Å². The van der Waals surface area contributed by atoms with E-state index in [0.29, 0.717) is 6.54 Å². The van der Waals surface area contributed by atoms with E-state index < -0.39 is 41.7 Å². The van der Waals surface area contributed by atoms with Gasteiger partial charge in [0.15, 0.2) is 6.10 Å². The number of aliphatic hydroxyl groups is 1. The molecule has 1 aromatic rings. The maximum Gasteiger partial charge on any atom is 0.408 e. The molecule has 3 amide bonds. The summed E-state index contributed by atoms with van der Waals surface area (Å²) in [6, 6.07) is 7.43. The Morgan fingerprint density at radius 2 is 1.68 bits per heavy atom. The molecule has 0 spiro atoms. The van der Waals surface area contributed by atoms with Crippen LogP contribution < -0.4 is 16.0 Å². The van der Waals surface area contributed by atoms with Gasteiger partial charge >= 0.3 is 6.09 Å². The molecule has 1 rings (SSSR count). The standard InChI is InChI=1S/C20H31N3O5/c1-6-21-18(26)16(24)15(12-14-10-8-7-9-11-14)23-17(25)13(2)22-19(27)28-20(3,4)5/h7-11,13,15-16,24H,6,12H2,1-5H3,(H,21,26)(H,22,27)(H,23,25)/t13-,15?,16?/m0/s1. The SMILES string of the molecule is CCNC(=O)C(O)C(Cc1ccccc1)NC(=O)[C@H](C)NC(=O)OC(C)(C)C. The molecule has 1 aromatic carbocycles. The number of likely N-dealkylation sites (N-methyl/N-ethyl adjacent to an activating group) is 1. The van der Waals surface area contributed by atoms with E-state index in [4.69, 9.17) is 4.74 Å². The highest BCUT2D eigenvalue weighted by atomic mass is 16.6. The van der Waals surface area contributed by atoms with Crippen LogP contribution in [0, 0.1) is 0 Å². The molecule has 0 aliphatic carbocycles. The topological polar surface area (TPSA) is 117 Å². The molecule has 0 heterocycles. The lowest BCUT2D eigenvalue weighted by Gasteiger charge is -2.26. The summed E-state index contributed by atoms with van der Waals surface area (Å²) in [6.45, 7) is 8.75. The second-order valence-corrected chi connectivity index (χ2v) is 7.51. The van der Waals surface area contributed by atoms with Crippen LogP contribution in [0.25, 0.3) is 0 Å². The minimum atomic E-state index is -1.43. The van der Waals surface area contributed by atoms with E-state index in [1.54, 1.807) is 27.7 Å². The number of carbonyl (C=O) groups excluding carboxylic acids is 3. The predicted octanol–water partition coefficient (Wildman–Crippen LogP) is 1.12. The van der Waals surface area contributed by atoms with Crippen LogP contribution in [-0.2, 0) is 20.7 Å². The normalized spacial score (nSPS) is 14.4. The molecular weight excluding hydrogens is 362 g/mol. The Labute approximate surface area is 166 Å². The van der Waals surface area contributed by atoms with E-state index >= 15 is 0 Å². The monoisotopic (exact) mass is 393 g/mol. The number of nitrogens with one attached hydrogen (secondary N) is 3. The highest BCUT2D eigenvalue weighted by Gasteiger charge is 2.29. The molecule has 4 N–H and O–H groups in total. The third-order valence-electron chi connectivity index (χ3n) is 3.75. The molecule has 3 atom stereocenters. The Kier molecular flexibility index (Phi) is 8.91. The molecule has 8 nitrogen and oxygen atoms in total. The summed E-state index contributed by atoms with van der Waals surface area (Å²) in [6.07, 6.45) is -1.90. The minimum absolute atomic E-state index is 0.254. The summed E-state index contributed by atoms with van der Waals surface area (Å²) < 4.78 is 5.13. The second-order valence-electron chi connectivity index (χ2n) is 7.51. The van der Waals surface area contributed by atoms with Gasteiger partial charge in [-0.15, -0.1) is 0 Å². The molecule has 8 heteroatoms. The van der Waals surface area contributed by atoms with Gasteiger partial charge in [0.2, 0.25) is 5.91 Å². The third-order valence-corrected chi connectivity index (χ3v) is 3.75. The fraction of sp³-hybridized carbons (Fsp3) is 0.550. The van der Waals surface area contributed by atoms with Gasteiger partial charge in [0.1, 0.15) is 11.6 Å². The van der Waals surface area contributed by atoms with Gasteiger partial charge in [-0.25, -0.2) is 4.79 Å². The number of ether oxygens (including phenoxy) is 1. The number of carbonyl (C=O) groups is 3. The van der Waals surface area contributed by atoms with E-state index in [9.17, 15) is 19.5 Å². The summed E-state index contributed by atoms with van der Waals surface area (Å²) >= 11 is 0.